The summed E-state index contributed by atoms with van der Waals surface area (Å²) < 4.78 is 25.3. The molecule has 1 saturated heterocycles. The van der Waals surface area contributed by atoms with E-state index in [9.17, 15) is 9.18 Å². The van der Waals surface area contributed by atoms with Gasteiger partial charge >= 0.3 is 0 Å². The molecule has 0 aliphatic carbocycles. The van der Waals surface area contributed by atoms with Gasteiger partial charge in [0.2, 0.25) is 0 Å². The Labute approximate surface area is 208 Å². The summed E-state index contributed by atoms with van der Waals surface area (Å²) in [5.74, 6) is 0.719. The molecule has 0 bridgehead atoms. The Balaban J connectivity index is 1.53. The van der Waals surface area contributed by atoms with Crippen molar-refractivity contribution in [1.82, 2.24) is 0 Å². The van der Waals surface area contributed by atoms with Gasteiger partial charge in [-0.05, 0) is 72.5 Å². The van der Waals surface area contributed by atoms with Gasteiger partial charge < -0.3 is 9.47 Å². The van der Waals surface area contributed by atoms with Crippen LogP contribution in [0.2, 0.25) is 0 Å². The van der Waals surface area contributed by atoms with Gasteiger partial charge in [-0.3, -0.25) is 9.69 Å². The molecule has 1 aliphatic rings. The van der Waals surface area contributed by atoms with Crippen molar-refractivity contribution < 1.29 is 18.7 Å². The second kappa shape index (κ2) is 10.8. The number of rotatable bonds is 8. The van der Waals surface area contributed by atoms with Gasteiger partial charge in [0.15, 0.2) is 15.8 Å². The number of hydrogen-bond acceptors (Lipinski definition) is 5. The van der Waals surface area contributed by atoms with Gasteiger partial charge in [0, 0.05) is 0 Å². The van der Waals surface area contributed by atoms with E-state index in [1.807, 2.05) is 55.5 Å². The lowest BCUT2D eigenvalue weighted by Gasteiger charge is -2.15. The first-order valence-corrected chi connectivity index (χ1v) is 12.2. The van der Waals surface area contributed by atoms with Crippen molar-refractivity contribution in [2.24, 2.45) is 0 Å². The molecule has 4 rings (SSSR count). The average molecular weight is 494 g/mol. The highest BCUT2D eigenvalue weighted by Gasteiger charge is 2.33. The first-order chi connectivity index (χ1) is 16.5. The van der Waals surface area contributed by atoms with Crippen LogP contribution in [0.15, 0.2) is 71.6 Å². The van der Waals surface area contributed by atoms with E-state index in [0.29, 0.717) is 27.3 Å². The zero-order chi connectivity index (χ0) is 24.1. The lowest BCUT2D eigenvalue weighted by molar-refractivity contribution is -0.113. The van der Waals surface area contributed by atoms with Crippen LogP contribution in [0, 0.1) is 5.82 Å². The minimum Gasteiger partial charge on any atom is -0.490 e. The fourth-order valence-corrected chi connectivity index (χ4v) is 4.77. The van der Waals surface area contributed by atoms with Crippen molar-refractivity contribution in [3.05, 3.63) is 94.1 Å². The molecule has 1 fully saturated rings. The summed E-state index contributed by atoms with van der Waals surface area (Å²) in [5, 5.41) is 0. The third-order valence-electron chi connectivity index (χ3n) is 5.27. The highest BCUT2D eigenvalue weighted by atomic mass is 32.2. The molecule has 0 N–H and O–H groups in total. The van der Waals surface area contributed by atoms with Crippen molar-refractivity contribution in [2.75, 3.05) is 11.5 Å². The molecule has 34 heavy (non-hydrogen) atoms. The number of carbonyl (C=O) groups excluding carboxylic acids is 1. The number of amides is 1. The first kappa shape index (κ1) is 24.0. The molecule has 0 aromatic heterocycles. The number of thiocarbonyl (C=S) groups is 1. The molecular weight excluding hydrogens is 469 g/mol. The number of anilines is 1. The third-order valence-corrected chi connectivity index (χ3v) is 6.57. The molecule has 174 valence electrons. The number of thioether (sulfide) groups is 1. The summed E-state index contributed by atoms with van der Waals surface area (Å²) in [4.78, 5) is 15.2. The smallest absolute Gasteiger partial charge is 0.270 e. The van der Waals surface area contributed by atoms with Crippen LogP contribution in [0.4, 0.5) is 10.1 Å². The Morgan fingerprint density at radius 3 is 2.32 bits per heavy atom. The van der Waals surface area contributed by atoms with Crippen molar-refractivity contribution in [2.45, 2.75) is 26.9 Å². The minimum atomic E-state index is -0.286. The van der Waals surface area contributed by atoms with Gasteiger partial charge in [-0.2, -0.15) is 0 Å². The third kappa shape index (κ3) is 5.48. The Kier molecular flexibility index (Phi) is 7.65. The number of hydrogen-bond donors (Lipinski definition) is 0. The van der Waals surface area contributed by atoms with Gasteiger partial charge in [-0.25, -0.2) is 4.39 Å². The van der Waals surface area contributed by atoms with Crippen LogP contribution >= 0.6 is 24.0 Å². The average Bonchev–Trinajstić information content (AvgIpc) is 3.12. The normalized spacial score (nSPS) is 14.7. The predicted molar refractivity (Wildman–Crippen MR) is 140 cm³/mol. The van der Waals surface area contributed by atoms with E-state index in [0.717, 1.165) is 23.2 Å². The van der Waals surface area contributed by atoms with Gasteiger partial charge in [0.25, 0.3) is 5.91 Å². The first-order valence-electron chi connectivity index (χ1n) is 11.0. The number of benzene rings is 3. The number of carbonyl (C=O) groups is 1. The maximum Gasteiger partial charge on any atom is 0.270 e. The van der Waals surface area contributed by atoms with Crippen molar-refractivity contribution in [1.29, 1.82) is 0 Å². The van der Waals surface area contributed by atoms with E-state index in [1.54, 1.807) is 17.0 Å². The van der Waals surface area contributed by atoms with Crippen LogP contribution in [-0.2, 0) is 17.8 Å². The molecule has 4 nitrogen and oxygen atoms in total. The molecule has 1 amide bonds. The zero-order valence-electron chi connectivity index (χ0n) is 18.9. The Hall–Kier alpha value is -3.16. The molecule has 0 radical (unpaired) electrons. The molecular formula is C27H24FNO3S2. The van der Waals surface area contributed by atoms with Gasteiger partial charge in [-0.15, -0.1) is 0 Å². The molecule has 0 saturated carbocycles. The van der Waals surface area contributed by atoms with E-state index in [2.05, 4.69) is 6.92 Å². The topological polar surface area (TPSA) is 38.8 Å². The lowest BCUT2D eigenvalue weighted by atomic mass is 10.1. The van der Waals surface area contributed by atoms with Crippen LogP contribution in [0.25, 0.3) is 6.08 Å². The van der Waals surface area contributed by atoms with Crippen LogP contribution < -0.4 is 14.4 Å². The maximum absolute atomic E-state index is 13.1. The molecule has 3 aromatic rings. The molecule has 3 aromatic carbocycles. The highest BCUT2D eigenvalue weighted by molar-refractivity contribution is 8.27. The van der Waals surface area contributed by atoms with Gasteiger partial charge in [-0.1, -0.05) is 61.2 Å². The van der Waals surface area contributed by atoms with Gasteiger partial charge in [0.1, 0.15) is 12.4 Å². The molecule has 1 heterocycles. The molecule has 0 unspecified atom stereocenters. The highest BCUT2D eigenvalue weighted by Crippen LogP contribution is 2.37. The van der Waals surface area contributed by atoms with E-state index in [4.69, 9.17) is 21.7 Å². The SMILES string of the molecule is CCOc1cc(C=C2SC(=S)N(c3ccc(CC)cc3)C2=O)ccc1OCc1ccc(F)cc1. The Bertz CT molecular complexity index is 1220. The second-order valence-electron chi connectivity index (χ2n) is 7.59. The summed E-state index contributed by atoms with van der Waals surface area (Å²) in [5.41, 5.74) is 3.63. The molecule has 0 spiro atoms. The zero-order valence-corrected chi connectivity index (χ0v) is 20.5. The molecule has 7 heteroatoms. The largest absolute Gasteiger partial charge is 0.490 e. The quantitative estimate of drug-likeness (QED) is 0.256. The van der Waals surface area contributed by atoms with Gasteiger partial charge in [0.05, 0.1) is 17.2 Å². The van der Waals surface area contributed by atoms with E-state index in [-0.39, 0.29) is 18.3 Å². The van der Waals surface area contributed by atoms with Crippen molar-refractivity contribution >= 4 is 46.0 Å². The van der Waals surface area contributed by atoms with Crippen molar-refractivity contribution in [3.8, 4) is 11.5 Å². The summed E-state index contributed by atoms with van der Waals surface area (Å²) in [6.45, 7) is 4.74. The van der Waals surface area contributed by atoms with Crippen LogP contribution in [0.3, 0.4) is 0 Å². The second-order valence-corrected chi connectivity index (χ2v) is 9.27. The molecule has 1 aliphatic heterocycles. The lowest BCUT2D eigenvalue weighted by Crippen LogP contribution is -2.27. The van der Waals surface area contributed by atoms with E-state index in [1.165, 1.54) is 29.5 Å². The number of halogens is 1. The number of aryl methyl sites for hydroxylation is 1. The van der Waals surface area contributed by atoms with E-state index >= 15 is 0 Å². The fourth-order valence-electron chi connectivity index (χ4n) is 3.47. The Morgan fingerprint density at radius 1 is 0.941 bits per heavy atom. The summed E-state index contributed by atoms with van der Waals surface area (Å²) >= 11 is 6.77. The van der Waals surface area contributed by atoms with Crippen LogP contribution in [-0.4, -0.2) is 16.8 Å². The van der Waals surface area contributed by atoms with Crippen LogP contribution in [0.1, 0.15) is 30.5 Å². The molecule has 0 atom stereocenters. The Morgan fingerprint density at radius 2 is 1.65 bits per heavy atom. The van der Waals surface area contributed by atoms with Crippen LogP contribution in [0.5, 0.6) is 11.5 Å². The summed E-state index contributed by atoms with van der Waals surface area (Å²) in [7, 11) is 0. The number of nitrogens with zero attached hydrogens (tertiary/aromatic N) is 1. The number of ether oxygens (including phenoxy) is 2. The summed E-state index contributed by atoms with van der Waals surface area (Å²) in [6.07, 6.45) is 2.75. The predicted octanol–water partition coefficient (Wildman–Crippen LogP) is 6.77. The standard InChI is InChI=1S/C27H24FNO3S2/c1-3-18-7-12-22(13-8-18)29-26(30)25(34-27(29)33)16-20-9-14-23(24(15-20)31-4-2)32-17-19-5-10-21(28)11-6-19/h5-16H,3-4,17H2,1-2H3. The maximum atomic E-state index is 13.1. The summed E-state index contributed by atoms with van der Waals surface area (Å²) in [6, 6.07) is 19.6. The van der Waals surface area contributed by atoms with Crippen molar-refractivity contribution in [3.63, 3.8) is 0 Å². The monoisotopic (exact) mass is 493 g/mol. The fraction of sp³-hybridized carbons (Fsp3) is 0.185. The van der Waals surface area contributed by atoms with E-state index < -0.39 is 0 Å². The minimum absolute atomic E-state index is 0.145.